The summed E-state index contributed by atoms with van der Waals surface area (Å²) in [7, 11) is 1.85. The summed E-state index contributed by atoms with van der Waals surface area (Å²) in [5.74, 6) is 0. The minimum Gasteiger partial charge on any atom is -0.324 e. The van der Waals surface area contributed by atoms with Crippen LogP contribution in [-0.4, -0.2) is 9.55 Å². The zero-order valence-corrected chi connectivity index (χ0v) is 6.48. The standard InChI is InChI=1S/C8H6N3O/c1-11-5-9-7-4-6(10-12)2-3-8(7)11/h2-4H,1H3. The molecule has 2 rings (SSSR count). The highest BCUT2D eigenvalue weighted by atomic mass is 16.3. The first kappa shape index (κ1) is 6.97. The quantitative estimate of drug-likeness (QED) is 0.597. The van der Waals surface area contributed by atoms with Gasteiger partial charge in [0.15, 0.2) is 6.33 Å². The molecule has 0 aliphatic rings. The van der Waals surface area contributed by atoms with Gasteiger partial charge in [0, 0.05) is 7.05 Å². The summed E-state index contributed by atoms with van der Waals surface area (Å²) in [6.07, 6.45) is 2.75. The van der Waals surface area contributed by atoms with Crippen molar-refractivity contribution in [2.45, 2.75) is 0 Å². The molecule has 1 radical (unpaired) electrons. The van der Waals surface area contributed by atoms with E-state index < -0.39 is 0 Å². The van der Waals surface area contributed by atoms with E-state index in [2.05, 4.69) is 16.5 Å². The maximum Gasteiger partial charge on any atom is 0.177 e. The first-order valence-electron chi connectivity index (χ1n) is 3.49. The highest BCUT2D eigenvalue weighted by Gasteiger charge is 2.00. The smallest absolute Gasteiger partial charge is 0.177 e. The Balaban J connectivity index is 2.77. The molecule has 12 heavy (non-hydrogen) atoms. The van der Waals surface area contributed by atoms with E-state index in [0.29, 0.717) is 5.69 Å². The van der Waals surface area contributed by atoms with Gasteiger partial charge in [-0.1, -0.05) is 0 Å². The first-order chi connectivity index (χ1) is 5.81. The van der Waals surface area contributed by atoms with Gasteiger partial charge < -0.3 is 4.57 Å². The summed E-state index contributed by atoms with van der Waals surface area (Å²) < 4.78 is 1.77. The Bertz CT molecular complexity index is 433. The topological polar surface area (TPSA) is 47.2 Å². The third-order valence-corrected chi connectivity index (χ3v) is 1.75. The highest BCUT2D eigenvalue weighted by Crippen LogP contribution is 2.18. The summed E-state index contributed by atoms with van der Waals surface area (Å²) in [5.41, 5.74) is 2.09. The SMILES string of the molecule is Cn1[c]nc2cc(N=O)ccc21. The molecular formula is C8H6N3O. The summed E-state index contributed by atoms with van der Waals surface area (Å²) in [6.45, 7) is 0. The van der Waals surface area contributed by atoms with Gasteiger partial charge in [0.2, 0.25) is 0 Å². The predicted molar refractivity (Wildman–Crippen MR) is 45.0 cm³/mol. The lowest BCUT2D eigenvalue weighted by Crippen LogP contribution is -1.82. The predicted octanol–water partition coefficient (Wildman–Crippen LogP) is 1.77. The molecule has 59 valence electrons. The molecule has 0 N–H and O–H groups in total. The number of aromatic nitrogens is 2. The normalized spacial score (nSPS) is 10.4. The Morgan fingerprint density at radius 1 is 1.58 bits per heavy atom. The van der Waals surface area contributed by atoms with Gasteiger partial charge in [0.1, 0.15) is 5.69 Å². The molecular weight excluding hydrogens is 154 g/mol. The number of hydrogen-bond acceptors (Lipinski definition) is 3. The molecule has 0 saturated carbocycles. The molecule has 1 aromatic heterocycles. The minimum atomic E-state index is 0.398. The van der Waals surface area contributed by atoms with Crippen LogP contribution in [0.2, 0.25) is 0 Å². The second kappa shape index (κ2) is 2.41. The van der Waals surface area contributed by atoms with Crippen LogP contribution >= 0.6 is 0 Å². The number of nitrogens with zero attached hydrogens (tertiary/aromatic N) is 3. The maximum atomic E-state index is 10.2. The molecule has 0 aliphatic heterocycles. The molecule has 0 spiro atoms. The summed E-state index contributed by atoms with van der Waals surface area (Å²) in [4.78, 5) is 14.1. The van der Waals surface area contributed by atoms with Gasteiger partial charge in [-0.15, -0.1) is 4.91 Å². The minimum absolute atomic E-state index is 0.398. The van der Waals surface area contributed by atoms with E-state index in [4.69, 9.17) is 0 Å². The van der Waals surface area contributed by atoms with Gasteiger partial charge in [0.25, 0.3) is 0 Å². The van der Waals surface area contributed by atoms with Crippen LogP contribution in [0.3, 0.4) is 0 Å². The van der Waals surface area contributed by atoms with Gasteiger partial charge in [0.05, 0.1) is 11.0 Å². The highest BCUT2D eigenvalue weighted by molar-refractivity contribution is 5.78. The molecule has 0 aliphatic carbocycles. The second-order valence-corrected chi connectivity index (χ2v) is 2.54. The van der Waals surface area contributed by atoms with Crippen molar-refractivity contribution in [1.82, 2.24) is 9.55 Å². The summed E-state index contributed by atoms with van der Waals surface area (Å²) in [6, 6.07) is 5.10. The Morgan fingerprint density at radius 3 is 3.17 bits per heavy atom. The largest absolute Gasteiger partial charge is 0.324 e. The van der Waals surface area contributed by atoms with Crippen LogP contribution in [-0.2, 0) is 7.05 Å². The van der Waals surface area contributed by atoms with Crippen LogP contribution in [0.4, 0.5) is 5.69 Å². The van der Waals surface area contributed by atoms with Crippen molar-refractivity contribution in [1.29, 1.82) is 0 Å². The van der Waals surface area contributed by atoms with Crippen molar-refractivity contribution in [3.8, 4) is 0 Å². The molecule has 1 aromatic carbocycles. The van der Waals surface area contributed by atoms with Crippen LogP contribution in [0.25, 0.3) is 11.0 Å². The second-order valence-electron chi connectivity index (χ2n) is 2.54. The molecule has 4 heteroatoms. The van der Waals surface area contributed by atoms with Crippen molar-refractivity contribution in [3.05, 3.63) is 29.4 Å². The maximum absolute atomic E-state index is 10.2. The third kappa shape index (κ3) is 0.887. The lowest BCUT2D eigenvalue weighted by Gasteiger charge is -1.92. The first-order valence-corrected chi connectivity index (χ1v) is 3.49. The summed E-state index contributed by atoms with van der Waals surface area (Å²) >= 11 is 0. The average molecular weight is 160 g/mol. The number of benzene rings is 1. The van der Waals surface area contributed by atoms with Crippen LogP contribution in [0.1, 0.15) is 0 Å². The number of nitroso groups, excluding NO2 is 1. The van der Waals surface area contributed by atoms with E-state index in [1.807, 2.05) is 7.05 Å². The van der Waals surface area contributed by atoms with Crippen molar-refractivity contribution in [2.24, 2.45) is 12.2 Å². The van der Waals surface area contributed by atoms with Crippen LogP contribution in [0.15, 0.2) is 23.4 Å². The van der Waals surface area contributed by atoms with E-state index in [1.165, 1.54) is 0 Å². The third-order valence-electron chi connectivity index (χ3n) is 1.75. The van der Waals surface area contributed by atoms with E-state index >= 15 is 0 Å². The number of aryl methyl sites for hydroxylation is 1. The van der Waals surface area contributed by atoms with E-state index in [1.54, 1.807) is 22.8 Å². The molecule has 0 atom stereocenters. The van der Waals surface area contributed by atoms with Crippen molar-refractivity contribution >= 4 is 16.7 Å². The van der Waals surface area contributed by atoms with Crippen LogP contribution < -0.4 is 0 Å². The molecule has 0 saturated heterocycles. The van der Waals surface area contributed by atoms with Crippen LogP contribution in [0, 0.1) is 11.2 Å². The number of imidazole rings is 1. The van der Waals surface area contributed by atoms with Gasteiger partial charge in [-0.2, -0.15) is 0 Å². The van der Waals surface area contributed by atoms with Gasteiger partial charge in [-0.3, -0.25) is 0 Å². The fraction of sp³-hybridized carbons (Fsp3) is 0.125. The Hall–Kier alpha value is -1.71. The monoisotopic (exact) mass is 160 g/mol. The Kier molecular flexibility index (Phi) is 1.40. The Labute approximate surface area is 68.8 Å². The fourth-order valence-electron chi connectivity index (χ4n) is 1.12. The van der Waals surface area contributed by atoms with Crippen molar-refractivity contribution in [3.63, 3.8) is 0 Å². The van der Waals surface area contributed by atoms with E-state index in [-0.39, 0.29) is 0 Å². The van der Waals surface area contributed by atoms with Gasteiger partial charge >= 0.3 is 0 Å². The lowest BCUT2D eigenvalue weighted by molar-refractivity contribution is 0.936. The lowest BCUT2D eigenvalue weighted by atomic mass is 10.3. The molecule has 0 amide bonds. The summed E-state index contributed by atoms with van der Waals surface area (Å²) in [5, 5.41) is 2.82. The molecule has 1 heterocycles. The van der Waals surface area contributed by atoms with Crippen molar-refractivity contribution in [2.75, 3.05) is 0 Å². The Morgan fingerprint density at radius 2 is 2.42 bits per heavy atom. The van der Waals surface area contributed by atoms with E-state index in [0.717, 1.165) is 11.0 Å². The van der Waals surface area contributed by atoms with Gasteiger partial charge in [-0.05, 0) is 23.4 Å². The van der Waals surface area contributed by atoms with E-state index in [9.17, 15) is 4.91 Å². The number of hydrogen-bond donors (Lipinski definition) is 0. The zero-order chi connectivity index (χ0) is 8.55. The molecule has 0 bridgehead atoms. The molecule has 0 fully saturated rings. The molecule has 4 nitrogen and oxygen atoms in total. The molecule has 2 aromatic rings. The zero-order valence-electron chi connectivity index (χ0n) is 6.48. The average Bonchev–Trinajstić information content (AvgIpc) is 2.47. The van der Waals surface area contributed by atoms with Gasteiger partial charge in [-0.25, -0.2) is 4.98 Å². The van der Waals surface area contributed by atoms with Crippen LogP contribution in [0.5, 0.6) is 0 Å². The fourth-order valence-corrected chi connectivity index (χ4v) is 1.12. The molecule has 0 unspecified atom stereocenters. The number of rotatable bonds is 1. The van der Waals surface area contributed by atoms with Crippen molar-refractivity contribution < 1.29 is 0 Å². The number of fused-ring (bicyclic) bond motifs is 1.